The van der Waals surface area contributed by atoms with E-state index in [0.717, 1.165) is 0 Å². The Morgan fingerprint density at radius 3 is 2.47 bits per heavy atom. The summed E-state index contributed by atoms with van der Waals surface area (Å²) in [7, 11) is 1.73. The number of nitrogens with one attached hydrogen (secondary N) is 1. The molecule has 0 bridgehead atoms. The monoisotopic (exact) mass is 281 g/mol. The van der Waals surface area contributed by atoms with Gasteiger partial charge >= 0.3 is 0 Å². The van der Waals surface area contributed by atoms with Crippen LogP contribution in [0, 0.1) is 18.6 Å². The van der Waals surface area contributed by atoms with Gasteiger partial charge in [0.25, 0.3) is 0 Å². The highest BCUT2D eigenvalue weighted by atomic mass is 35.5. The molecular formula is C15H14ClF2N. The van der Waals surface area contributed by atoms with Crippen molar-refractivity contribution in [3.63, 3.8) is 0 Å². The lowest BCUT2D eigenvalue weighted by atomic mass is 9.97. The molecule has 1 atom stereocenters. The van der Waals surface area contributed by atoms with E-state index in [1.807, 2.05) is 0 Å². The van der Waals surface area contributed by atoms with Crippen LogP contribution >= 0.6 is 11.6 Å². The Morgan fingerprint density at radius 2 is 1.84 bits per heavy atom. The number of rotatable bonds is 3. The normalized spacial score (nSPS) is 12.5. The summed E-state index contributed by atoms with van der Waals surface area (Å²) in [5.41, 5.74) is 1.87. The van der Waals surface area contributed by atoms with Crippen molar-refractivity contribution in [3.05, 3.63) is 69.7 Å². The maximum Gasteiger partial charge on any atom is 0.126 e. The zero-order valence-electron chi connectivity index (χ0n) is 10.7. The number of benzene rings is 2. The Kier molecular flexibility index (Phi) is 4.17. The Bertz CT molecular complexity index is 599. The Balaban J connectivity index is 2.49. The molecule has 1 N–H and O–H groups in total. The van der Waals surface area contributed by atoms with Gasteiger partial charge in [0.2, 0.25) is 0 Å². The first-order valence-electron chi connectivity index (χ1n) is 5.91. The molecule has 1 unspecified atom stereocenters. The van der Waals surface area contributed by atoms with Crippen LogP contribution in [0.15, 0.2) is 36.4 Å². The van der Waals surface area contributed by atoms with Crippen molar-refractivity contribution >= 4 is 11.6 Å². The molecule has 0 fully saturated rings. The fraction of sp³-hybridized carbons (Fsp3) is 0.200. The molecule has 2 rings (SSSR count). The second-order valence-corrected chi connectivity index (χ2v) is 4.80. The molecule has 0 heterocycles. The van der Waals surface area contributed by atoms with E-state index in [1.165, 1.54) is 24.3 Å². The van der Waals surface area contributed by atoms with Gasteiger partial charge in [-0.15, -0.1) is 0 Å². The average Bonchev–Trinajstić information content (AvgIpc) is 2.38. The summed E-state index contributed by atoms with van der Waals surface area (Å²) in [4.78, 5) is 0. The quantitative estimate of drug-likeness (QED) is 0.887. The van der Waals surface area contributed by atoms with Crippen molar-refractivity contribution < 1.29 is 8.78 Å². The molecule has 0 saturated carbocycles. The molecule has 1 nitrogen and oxygen atoms in total. The lowest BCUT2D eigenvalue weighted by molar-refractivity contribution is 0.603. The average molecular weight is 282 g/mol. The second kappa shape index (κ2) is 5.68. The number of halogens is 3. The van der Waals surface area contributed by atoms with E-state index in [-0.39, 0.29) is 17.7 Å². The summed E-state index contributed by atoms with van der Waals surface area (Å²) in [5.74, 6) is -0.655. The van der Waals surface area contributed by atoms with E-state index in [0.29, 0.717) is 21.7 Å². The first-order valence-corrected chi connectivity index (χ1v) is 6.29. The van der Waals surface area contributed by atoms with Crippen LogP contribution in [0.25, 0.3) is 0 Å². The van der Waals surface area contributed by atoms with Gasteiger partial charge in [-0.2, -0.15) is 0 Å². The van der Waals surface area contributed by atoms with E-state index in [2.05, 4.69) is 5.32 Å². The summed E-state index contributed by atoms with van der Waals surface area (Å²) in [6.07, 6.45) is 0. The van der Waals surface area contributed by atoms with Crippen LogP contribution in [-0.4, -0.2) is 7.05 Å². The largest absolute Gasteiger partial charge is 0.309 e. The number of hydrogen-bond acceptors (Lipinski definition) is 1. The third-order valence-corrected chi connectivity index (χ3v) is 3.43. The standard InChI is InChI=1S/C15H14ClF2N/c1-9-3-4-10(7-14(9)18)15(19-2)12-8-11(17)5-6-13(12)16/h3-8,15,19H,1-2H3. The van der Waals surface area contributed by atoms with E-state index < -0.39 is 0 Å². The minimum atomic E-state index is -0.368. The highest BCUT2D eigenvalue weighted by Crippen LogP contribution is 2.29. The van der Waals surface area contributed by atoms with Crippen LogP contribution in [0.5, 0.6) is 0 Å². The molecule has 0 aliphatic heterocycles. The smallest absolute Gasteiger partial charge is 0.126 e. The molecule has 100 valence electrons. The fourth-order valence-electron chi connectivity index (χ4n) is 2.03. The molecule has 0 aliphatic rings. The van der Waals surface area contributed by atoms with E-state index >= 15 is 0 Å². The van der Waals surface area contributed by atoms with Gasteiger partial charge in [0.05, 0.1) is 6.04 Å². The SMILES string of the molecule is CNC(c1ccc(C)c(F)c1)c1cc(F)ccc1Cl. The highest BCUT2D eigenvalue weighted by molar-refractivity contribution is 6.31. The molecule has 19 heavy (non-hydrogen) atoms. The van der Waals surface area contributed by atoms with E-state index in [9.17, 15) is 8.78 Å². The summed E-state index contributed by atoms with van der Waals surface area (Å²) in [6, 6.07) is 8.76. The van der Waals surface area contributed by atoms with Gasteiger partial charge in [0, 0.05) is 5.02 Å². The topological polar surface area (TPSA) is 12.0 Å². The van der Waals surface area contributed by atoms with Crippen LogP contribution in [0.4, 0.5) is 8.78 Å². The highest BCUT2D eigenvalue weighted by Gasteiger charge is 2.17. The maximum absolute atomic E-state index is 13.6. The molecule has 2 aromatic carbocycles. The molecule has 0 spiro atoms. The molecule has 0 aromatic heterocycles. The van der Waals surface area contributed by atoms with Crippen molar-refractivity contribution in [2.24, 2.45) is 0 Å². The minimum Gasteiger partial charge on any atom is -0.309 e. The van der Waals surface area contributed by atoms with Gasteiger partial charge < -0.3 is 5.32 Å². The Labute approximate surface area is 116 Å². The summed E-state index contributed by atoms with van der Waals surface area (Å²) < 4.78 is 27.0. The number of aryl methyl sites for hydroxylation is 1. The van der Waals surface area contributed by atoms with E-state index in [1.54, 1.807) is 26.1 Å². The van der Waals surface area contributed by atoms with Crippen molar-refractivity contribution in [2.75, 3.05) is 7.05 Å². The predicted octanol–water partition coefficient (Wildman–Crippen LogP) is 4.24. The molecule has 0 amide bonds. The fourth-order valence-corrected chi connectivity index (χ4v) is 2.25. The van der Waals surface area contributed by atoms with Crippen molar-refractivity contribution in [2.45, 2.75) is 13.0 Å². The van der Waals surface area contributed by atoms with Gasteiger partial charge in [-0.3, -0.25) is 0 Å². The van der Waals surface area contributed by atoms with E-state index in [4.69, 9.17) is 11.6 Å². The Morgan fingerprint density at radius 1 is 1.11 bits per heavy atom. The Hall–Kier alpha value is -1.45. The van der Waals surface area contributed by atoms with Gasteiger partial charge in [-0.05, 0) is 54.9 Å². The van der Waals surface area contributed by atoms with Gasteiger partial charge in [-0.1, -0.05) is 23.7 Å². The van der Waals surface area contributed by atoms with Crippen LogP contribution in [0.3, 0.4) is 0 Å². The molecular weight excluding hydrogens is 268 g/mol. The minimum absolute atomic E-state index is 0.287. The van der Waals surface area contributed by atoms with Crippen LogP contribution in [-0.2, 0) is 0 Å². The van der Waals surface area contributed by atoms with Gasteiger partial charge in [0.1, 0.15) is 11.6 Å². The van der Waals surface area contributed by atoms with Crippen molar-refractivity contribution in [1.29, 1.82) is 0 Å². The van der Waals surface area contributed by atoms with Gasteiger partial charge in [0.15, 0.2) is 0 Å². The summed E-state index contributed by atoms with van der Waals surface area (Å²) in [5, 5.41) is 3.48. The third-order valence-electron chi connectivity index (χ3n) is 3.09. The molecule has 4 heteroatoms. The molecule has 0 aliphatic carbocycles. The van der Waals surface area contributed by atoms with Gasteiger partial charge in [-0.25, -0.2) is 8.78 Å². The molecule has 0 radical (unpaired) electrons. The van der Waals surface area contributed by atoms with Crippen LogP contribution < -0.4 is 5.32 Å². The zero-order valence-corrected chi connectivity index (χ0v) is 11.4. The predicted molar refractivity (Wildman–Crippen MR) is 73.4 cm³/mol. The van der Waals surface area contributed by atoms with Crippen molar-refractivity contribution in [1.82, 2.24) is 5.32 Å². The first kappa shape index (κ1) is 14.0. The van der Waals surface area contributed by atoms with Crippen LogP contribution in [0.1, 0.15) is 22.7 Å². The summed E-state index contributed by atoms with van der Waals surface area (Å²) in [6.45, 7) is 1.70. The molecule has 2 aromatic rings. The second-order valence-electron chi connectivity index (χ2n) is 4.40. The molecule has 0 saturated heterocycles. The number of hydrogen-bond donors (Lipinski definition) is 1. The zero-order chi connectivity index (χ0) is 14.0. The maximum atomic E-state index is 13.6. The lowest BCUT2D eigenvalue weighted by Crippen LogP contribution is -2.18. The first-order chi connectivity index (χ1) is 9.02. The lowest BCUT2D eigenvalue weighted by Gasteiger charge is -2.19. The third kappa shape index (κ3) is 2.94. The summed E-state index contributed by atoms with van der Waals surface area (Å²) >= 11 is 6.09. The van der Waals surface area contributed by atoms with Crippen molar-refractivity contribution in [3.8, 4) is 0 Å². The van der Waals surface area contributed by atoms with Crippen LogP contribution in [0.2, 0.25) is 5.02 Å².